The molecule has 0 spiro atoms. The highest BCUT2D eigenvalue weighted by molar-refractivity contribution is 7.89. The molecule has 0 unspecified atom stereocenters. The number of aromatic nitrogens is 1. The Balaban J connectivity index is 1.52. The fraction of sp³-hybridized carbons (Fsp3) is 0.375. The van der Waals surface area contributed by atoms with Gasteiger partial charge in [0.05, 0.1) is 4.90 Å². The van der Waals surface area contributed by atoms with Gasteiger partial charge in [0.25, 0.3) is 5.91 Å². The number of allylic oxidation sites excluding steroid dienone is 1. The lowest BCUT2D eigenvalue weighted by molar-refractivity contribution is -0.138. The van der Waals surface area contributed by atoms with Crippen molar-refractivity contribution in [3.8, 4) is 0 Å². The molecule has 174 valence electrons. The average molecular weight is 470 g/mol. The first-order valence-corrected chi connectivity index (χ1v) is 12.3. The van der Waals surface area contributed by atoms with E-state index >= 15 is 0 Å². The number of hydrogen-bond acceptors (Lipinski definition) is 6. The van der Waals surface area contributed by atoms with Gasteiger partial charge >= 0.3 is 0 Å². The highest BCUT2D eigenvalue weighted by Crippen LogP contribution is 2.29. The number of sulfonamides is 1. The number of benzene rings is 1. The number of carbonyl (C=O) groups is 2. The Kier molecular flexibility index (Phi) is 6.11. The zero-order valence-corrected chi connectivity index (χ0v) is 19.7. The molecule has 4 rings (SSSR count). The van der Waals surface area contributed by atoms with Gasteiger partial charge in [-0.3, -0.25) is 14.6 Å². The van der Waals surface area contributed by atoms with E-state index in [0.717, 1.165) is 22.4 Å². The standard InChI is InChI=1S/C24H27N3O5S/c1-16-21(14-26-33(30,31)19-7-5-4-6-8-19)20-9-10-27(15-17(20)13-25-16)23(29)22-11-18(28)12-24(2,3)32-22/h4-8,11,13,26H,9-10,12,14-15H2,1-3H3. The number of rotatable bonds is 5. The van der Waals surface area contributed by atoms with Crippen molar-refractivity contribution in [3.63, 3.8) is 0 Å². The molecule has 1 amide bonds. The molecule has 1 aromatic carbocycles. The number of nitrogens with zero attached hydrogens (tertiary/aromatic N) is 2. The SMILES string of the molecule is Cc1ncc2c(c1CNS(=O)(=O)c1ccccc1)CCN(C(=O)C1=CC(=O)CC(C)(C)O1)C2. The van der Waals surface area contributed by atoms with Crippen LogP contribution < -0.4 is 4.72 Å². The Morgan fingerprint density at radius 3 is 2.67 bits per heavy atom. The Labute approximate surface area is 193 Å². The highest BCUT2D eigenvalue weighted by atomic mass is 32.2. The predicted molar refractivity (Wildman–Crippen MR) is 121 cm³/mol. The molecule has 0 saturated carbocycles. The van der Waals surface area contributed by atoms with Crippen LogP contribution in [-0.2, 0) is 43.9 Å². The molecule has 0 aliphatic carbocycles. The number of aryl methyl sites for hydroxylation is 1. The van der Waals surface area contributed by atoms with Crippen molar-refractivity contribution in [2.45, 2.75) is 57.2 Å². The van der Waals surface area contributed by atoms with Gasteiger partial charge in [-0.1, -0.05) is 18.2 Å². The van der Waals surface area contributed by atoms with E-state index in [1.807, 2.05) is 6.92 Å². The summed E-state index contributed by atoms with van der Waals surface area (Å²) in [6.07, 6.45) is 3.79. The predicted octanol–water partition coefficient (Wildman–Crippen LogP) is 2.41. The summed E-state index contributed by atoms with van der Waals surface area (Å²) in [7, 11) is -3.66. The fourth-order valence-electron chi connectivity index (χ4n) is 4.22. The van der Waals surface area contributed by atoms with E-state index in [1.165, 1.54) is 6.08 Å². The van der Waals surface area contributed by atoms with E-state index < -0.39 is 15.6 Å². The number of fused-ring (bicyclic) bond motifs is 1. The summed E-state index contributed by atoms with van der Waals surface area (Å²) in [5, 5.41) is 0. The van der Waals surface area contributed by atoms with Crippen LogP contribution in [0.15, 0.2) is 53.3 Å². The second-order valence-corrected chi connectivity index (χ2v) is 10.7. The van der Waals surface area contributed by atoms with Gasteiger partial charge in [-0.05, 0) is 56.0 Å². The molecule has 0 radical (unpaired) electrons. The van der Waals surface area contributed by atoms with Gasteiger partial charge in [0.15, 0.2) is 11.5 Å². The second-order valence-electron chi connectivity index (χ2n) is 8.95. The van der Waals surface area contributed by atoms with Crippen molar-refractivity contribution in [1.82, 2.24) is 14.6 Å². The Morgan fingerprint density at radius 2 is 1.97 bits per heavy atom. The van der Waals surface area contributed by atoms with Gasteiger partial charge < -0.3 is 9.64 Å². The van der Waals surface area contributed by atoms with Crippen LogP contribution in [0.1, 0.15) is 42.7 Å². The smallest absolute Gasteiger partial charge is 0.289 e. The summed E-state index contributed by atoms with van der Waals surface area (Å²) in [6, 6.07) is 8.21. The first kappa shape index (κ1) is 23.1. The Bertz CT molecular complexity index is 1240. The number of amides is 1. The molecule has 3 heterocycles. The van der Waals surface area contributed by atoms with E-state index in [0.29, 0.717) is 19.5 Å². The van der Waals surface area contributed by atoms with E-state index in [9.17, 15) is 18.0 Å². The summed E-state index contributed by atoms with van der Waals surface area (Å²) in [5.41, 5.74) is 2.71. The van der Waals surface area contributed by atoms with Crippen LogP contribution in [0.25, 0.3) is 0 Å². The van der Waals surface area contributed by atoms with E-state index in [4.69, 9.17) is 4.74 Å². The van der Waals surface area contributed by atoms with Crippen molar-refractivity contribution in [2.24, 2.45) is 0 Å². The molecule has 0 atom stereocenters. The maximum atomic E-state index is 13.0. The first-order chi connectivity index (χ1) is 15.6. The lowest BCUT2D eigenvalue weighted by Gasteiger charge is -2.34. The number of nitrogens with one attached hydrogen (secondary N) is 1. The molecule has 1 aromatic heterocycles. The normalized spacial score (nSPS) is 17.7. The van der Waals surface area contributed by atoms with Gasteiger partial charge in [-0.25, -0.2) is 13.1 Å². The Morgan fingerprint density at radius 1 is 1.24 bits per heavy atom. The summed E-state index contributed by atoms with van der Waals surface area (Å²) >= 11 is 0. The van der Waals surface area contributed by atoms with Crippen LogP contribution in [0.4, 0.5) is 0 Å². The molecular formula is C24H27N3O5S. The number of ether oxygens (including phenoxy) is 1. The minimum absolute atomic E-state index is 0.0654. The van der Waals surface area contributed by atoms with Crippen LogP contribution in [0.2, 0.25) is 0 Å². The van der Waals surface area contributed by atoms with Gasteiger partial charge in [0.1, 0.15) is 5.60 Å². The fourth-order valence-corrected chi connectivity index (χ4v) is 5.24. The second kappa shape index (κ2) is 8.72. The third-order valence-electron chi connectivity index (χ3n) is 5.86. The van der Waals surface area contributed by atoms with Crippen molar-refractivity contribution < 1.29 is 22.7 Å². The van der Waals surface area contributed by atoms with Crippen molar-refractivity contribution in [3.05, 3.63) is 70.7 Å². The topological polar surface area (TPSA) is 106 Å². The molecular weight excluding hydrogens is 442 g/mol. The van der Waals surface area contributed by atoms with Crippen LogP contribution in [-0.4, -0.2) is 42.1 Å². The molecule has 0 fully saturated rings. The first-order valence-electron chi connectivity index (χ1n) is 10.8. The zero-order valence-electron chi connectivity index (χ0n) is 18.9. The molecule has 8 nitrogen and oxygen atoms in total. The highest BCUT2D eigenvalue weighted by Gasteiger charge is 2.35. The molecule has 0 bridgehead atoms. The minimum Gasteiger partial charge on any atom is -0.481 e. The molecule has 2 aliphatic heterocycles. The van der Waals surface area contributed by atoms with Crippen molar-refractivity contribution in [1.29, 1.82) is 0 Å². The summed E-state index contributed by atoms with van der Waals surface area (Å²) in [4.78, 5) is 31.3. The number of carbonyl (C=O) groups excluding carboxylic acids is 2. The summed E-state index contributed by atoms with van der Waals surface area (Å²) in [5.74, 6) is -0.387. The molecule has 2 aromatic rings. The van der Waals surface area contributed by atoms with Gasteiger partial charge in [0, 0.05) is 44.0 Å². The van der Waals surface area contributed by atoms with Crippen LogP contribution in [0.5, 0.6) is 0 Å². The monoisotopic (exact) mass is 469 g/mol. The summed E-state index contributed by atoms with van der Waals surface area (Å²) in [6.45, 7) is 6.28. The number of pyridine rings is 1. The number of hydrogen-bond donors (Lipinski definition) is 1. The van der Waals surface area contributed by atoms with E-state index in [1.54, 1.807) is 55.3 Å². The lowest BCUT2D eigenvalue weighted by atomic mass is 9.94. The molecule has 0 saturated heterocycles. The van der Waals surface area contributed by atoms with Gasteiger partial charge in [-0.2, -0.15) is 0 Å². The average Bonchev–Trinajstić information content (AvgIpc) is 2.77. The third-order valence-corrected chi connectivity index (χ3v) is 7.28. The Hall–Kier alpha value is -3.04. The van der Waals surface area contributed by atoms with Gasteiger partial charge in [0.2, 0.25) is 10.0 Å². The number of ketones is 1. The quantitative estimate of drug-likeness (QED) is 0.721. The minimum atomic E-state index is -3.66. The lowest BCUT2D eigenvalue weighted by Crippen LogP contribution is -2.42. The van der Waals surface area contributed by atoms with E-state index in [-0.39, 0.29) is 35.3 Å². The van der Waals surface area contributed by atoms with E-state index in [2.05, 4.69) is 9.71 Å². The molecule has 2 aliphatic rings. The van der Waals surface area contributed by atoms with Crippen molar-refractivity contribution in [2.75, 3.05) is 6.54 Å². The largest absolute Gasteiger partial charge is 0.481 e. The van der Waals surface area contributed by atoms with Gasteiger partial charge in [-0.15, -0.1) is 0 Å². The van der Waals surface area contributed by atoms with Crippen LogP contribution in [0, 0.1) is 6.92 Å². The van der Waals surface area contributed by atoms with Crippen molar-refractivity contribution >= 4 is 21.7 Å². The zero-order chi connectivity index (χ0) is 23.8. The summed E-state index contributed by atoms with van der Waals surface area (Å²) < 4.78 is 33.7. The third kappa shape index (κ3) is 4.99. The maximum absolute atomic E-state index is 13.0. The van der Waals surface area contributed by atoms with Crippen LogP contribution >= 0.6 is 0 Å². The molecule has 1 N–H and O–H groups in total. The maximum Gasteiger partial charge on any atom is 0.289 e. The molecule has 33 heavy (non-hydrogen) atoms. The molecule has 9 heteroatoms. The van der Waals surface area contributed by atoms with Crippen LogP contribution in [0.3, 0.4) is 0 Å².